The van der Waals surface area contributed by atoms with E-state index in [9.17, 15) is 19.2 Å². The van der Waals surface area contributed by atoms with Gasteiger partial charge in [-0.05, 0) is 36.2 Å². The minimum Gasteiger partial charge on any atom is -0.327 e. The lowest BCUT2D eigenvalue weighted by atomic mass is 10.1. The summed E-state index contributed by atoms with van der Waals surface area (Å²) in [6.07, 6.45) is 0. The second-order valence-electron chi connectivity index (χ2n) is 6.29. The van der Waals surface area contributed by atoms with E-state index >= 15 is 0 Å². The van der Waals surface area contributed by atoms with E-state index in [0.717, 1.165) is 0 Å². The van der Waals surface area contributed by atoms with Gasteiger partial charge in [0.2, 0.25) is 11.8 Å². The molecule has 0 aromatic heterocycles. The minimum atomic E-state index is -0.642. The van der Waals surface area contributed by atoms with Crippen LogP contribution in [0.2, 0.25) is 0 Å². The number of nitriles is 1. The Morgan fingerprint density at radius 1 is 1.15 bits per heavy atom. The standard InChI is InChI=1S/C20H18FN3O2/c1-14-20(26)23(11-15-5-4-8-18(21)9-15)13-19(25)24(14)12-17-7-3-2-6-16(17)10-22/h2-9,14H,11-13H2,1H3/t14-/m0/s1. The highest BCUT2D eigenvalue weighted by Gasteiger charge is 2.36. The van der Waals surface area contributed by atoms with Gasteiger partial charge >= 0.3 is 0 Å². The Balaban J connectivity index is 1.76. The van der Waals surface area contributed by atoms with Gasteiger partial charge in [0, 0.05) is 13.1 Å². The molecule has 0 radical (unpaired) electrons. The zero-order valence-electron chi connectivity index (χ0n) is 14.4. The van der Waals surface area contributed by atoms with Crippen molar-refractivity contribution in [3.05, 3.63) is 71.0 Å². The highest BCUT2D eigenvalue weighted by Crippen LogP contribution is 2.20. The highest BCUT2D eigenvalue weighted by atomic mass is 19.1. The molecule has 3 rings (SSSR count). The average molecular weight is 351 g/mol. The first kappa shape index (κ1) is 17.6. The number of benzene rings is 2. The predicted molar refractivity (Wildman–Crippen MR) is 93.0 cm³/mol. The summed E-state index contributed by atoms with van der Waals surface area (Å²) >= 11 is 0. The molecular formula is C20H18FN3O2. The Morgan fingerprint density at radius 3 is 2.65 bits per heavy atom. The Morgan fingerprint density at radius 2 is 1.92 bits per heavy atom. The van der Waals surface area contributed by atoms with E-state index in [4.69, 9.17) is 0 Å². The second kappa shape index (κ2) is 7.36. The van der Waals surface area contributed by atoms with Crippen LogP contribution in [0.4, 0.5) is 4.39 Å². The van der Waals surface area contributed by atoms with E-state index < -0.39 is 6.04 Å². The van der Waals surface area contributed by atoms with Gasteiger partial charge in [0.1, 0.15) is 18.4 Å². The molecule has 1 fully saturated rings. The van der Waals surface area contributed by atoms with Gasteiger partial charge in [0.15, 0.2) is 0 Å². The average Bonchev–Trinajstić information content (AvgIpc) is 2.63. The molecule has 132 valence electrons. The Hall–Kier alpha value is -3.20. The summed E-state index contributed by atoms with van der Waals surface area (Å²) < 4.78 is 13.3. The number of hydrogen-bond donors (Lipinski definition) is 0. The van der Waals surface area contributed by atoms with Crippen LogP contribution in [0.15, 0.2) is 48.5 Å². The summed E-state index contributed by atoms with van der Waals surface area (Å²) in [4.78, 5) is 28.2. The molecule has 0 aliphatic carbocycles. The smallest absolute Gasteiger partial charge is 0.245 e. The van der Waals surface area contributed by atoms with Crippen molar-refractivity contribution in [1.82, 2.24) is 9.80 Å². The maximum Gasteiger partial charge on any atom is 0.245 e. The fourth-order valence-electron chi connectivity index (χ4n) is 3.11. The van der Waals surface area contributed by atoms with Crippen LogP contribution in [-0.2, 0) is 22.7 Å². The minimum absolute atomic E-state index is 0.0611. The third-order valence-electron chi connectivity index (χ3n) is 4.52. The van der Waals surface area contributed by atoms with Crippen molar-refractivity contribution in [1.29, 1.82) is 5.26 Å². The molecule has 5 nitrogen and oxygen atoms in total. The van der Waals surface area contributed by atoms with Gasteiger partial charge in [-0.15, -0.1) is 0 Å². The number of rotatable bonds is 4. The van der Waals surface area contributed by atoms with E-state index in [2.05, 4.69) is 6.07 Å². The van der Waals surface area contributed by atoms with Gasteiger partial charge in [-0.25, -0.2) is 4.39 Å². The summed E-state index contributed by atoms with van der Waals surface area (Å²) in [5.74, 6) is -0.759. The molecular weight excluding hydrogens is 333 g/mol. The van der Waals surface area contributed by atoms with Crippen LogP contribution in [0.1, 0.15) is 23.6 Å². The molecule has 0 spiro atoms. The van der Waals surface area contributed by atoms with Crippen LogP contribution in [0.25, 0.3) is 0 Å². The second-order valence-corrected chi connectivity index (χ2v) is 6.29. The third kappa shape index (κ3) is 3.57. The van der Waals surface area contributed by atoms with Crippen molar-refractivity contribution >= 4 is 11.8 Å². The van der Waals surface area contributed by atoms with Crippen LogP contribution < -0.4 is 0 Å². The summed E-state index contributed by atoms with van der Waals surface area (Å²) in [6, 6.07) is 14.5. The van der Waals surface area contributed by atoms with Crippen molar-refractivity contribution in [3.8, 4) is 6.07 Å². The molecule has 0 saturated carbocycles. The van der Waals surface area contributed by atoms with E-state index in [0.29, 0.717) is 16.7 Å². The number of halogens is 1. The van der Waals surface area contributed by atoms with Crippen molar-refractivity contribution in [2.24, 2.45) is 0 Å². The number of nitrogens with zero attached hydrogens (tertiary/aromatic N) is 3. The van der Waals surface area contributed by atoms with Gasteiger partial charge in [0.05, 0.1) is 11.6 Å². The van der Waals surface area contributed by atoms with E-state index in [1.54, 1.807) is 43.3 Å². The van der Waals surface area contributed by atoms with Crippen molar-refractivity contribution < 1.29 is 14.0 Å². The van der Waals surface area contributed by atoms with Crippen molar-refractivity contribution in [2.45, 2.75) is 26.1 Å². The summed E-state index contributed by atoms with van der Waals surface area (Å²) in [5, 5.41) is 9.20. The van der Waals surface area contributed by atoms with Gasteiger partial charge in [-0.3, -0.25) is 9.59 Å². The highest BCUT2D eigenvalue weighted by molar-refractivity contribution is 5.94. The lowest BCUT2D eigenvalue weighted by molar-refractivity contribution is -0.156. The van der Waals surface area contributed by atoms with E-state index in [-0.39, 0.29) is 37.3 Å². The van der Waals surface area contributed by atoms with Crippen LogP contribution in [0.3, 0.4) is 0 Å². The number of hydrogen-bond acceptors (Lipinski definition) is 3. The Kier molecular flexibility index (Phi) is 4.99. The molecule has 0 unspecified atom stereocenters. The van der Waals surface area contributed by atoms with E-state index in [1.165, 1.54) is 21.9 Å². The monoisotopic (exact) mass is 351 g/mol. The molecule has 2 aromatic rings. The first-order valence-electron chi connectivity index (χ1n) is 8.30. The fourth-order valence-corrected chi connectivity index (χ4v) is 3.11. The molecule has 2 amide bonds. The summed E-state index contributed by atoms with van der Waals surface area (Å²) in [5.41, 5.74) is 1.84. The topological polar surface area (TPSA) is 64.4 Å². The molecule has 0 N–H and O–H groups in total. The molecule has 0 bridgehead atoms. The Bertz CT molecular complexity index is 891. The SMILES string of the molecule is C[C@H]1C(=O)N(Cc2cccc(F)c2)CC(=O)N1Cc1ccccc1C#N. The quantitative estimate of drug-likeness (QED) is 0.850. The predicted octanol–water partition coefficient (Wildman–Crippen LogP) is 2.46. The lowest BCUT2D eigenvalue weighted by Crippen LogP contribution is -2.58. The Labute approximate surface area is 151 Å². The number of piperazine rings is 1. The van der Waals surface area contributed by atoms with Gasteiger partial charge in [-0.1, -0.05) is 30.3 Å². The van der Waals surface area contributed by atoms with Gasteiger partial charge < -0.3 is 9.80 Å². The molecule has 1 saturated heterocycles. The zero-order valence-corrected chi connectivity index (χ0v) is 14.4. The fraction of sp³-hybridized carbons (Fsp3) is 0.250. The van der Waals surface area contributed by atoms with Gasteiger partial charge in [0.25, 0.3) is 0 Å². The molecule has 6 heteroatoms. The number of carbonyl (C=O) groups is 2. The number of carbonyl (C=O) groups excluding carboxylic acids is 2. The van der Waals surface area contributed by atoms with Gasteiger partial charge in [-0.2, -0.15) is 5.26 Å². The van der Waals surface area contributed by atoms with Crippen LogP contribution in [0.5, 0.6) is 0 Å². The van der Waals surface area contributed by atoms with E-state index in [1.807, 2.05) is 0 Å². The first-order chi connectivity index (χ1) is 12.5. The van der Waals surface area contributed by atoms with Crippen LogP contribution >= 0.6 is 0 Å². The molecule has 1 atom stereocenters. The van der Waals surface area contributed by atoms with Crippen molar-refractivity contribution in [3.63, 3.8) is 0 Å². The lowest BCUT2D eigenvalue weighted by Gasteiger charge is -2.39. The maximum absolute atomic E-state index is 13.3. The maximum atomic E-state index is 13.3. The molecule has 2 aromatic carbocycles. The summed E-state index contributed by atoms with van der Waals surface area (Å²) in [6.45, 7) is 2.01. The largest absolute Gasteiger partial charge is 0.327 e. The molecule has 1 aliphatic heterocycles. The van der Waals surface area contributed by atoms with Crippen LogP contribution in [-0.4, -0.2) is 34.2 Å². The third-order valence-corrected chi connectivity index (χ3v) is 4.52. The summed E-state index contributed by atoms with van der Waals surface area (Å²) in [7, 11) is 0. The molecule has 1 aliphatic rings. The first-order valence-corrected chi connectivity index (χ1v) is 8.30. The molecule has 26 heavy (non-hydrogen) atoms. The number of amides is 2. The van der Waals surface area contributed by atoms with Crippen molar-refractivity contribution in [2.75, 3.05) is 6.54 Å². The van der Waals surface area contributed by atoms with Crippen LogP contribution in [0, 0.1) is 17.1 Å². The molecule has 1 heterocycles. The zero-order chi connectivity index (χ0) is 18.7. The normalized spacial score (nSPS) is 17.3.